The molecule has 96 valence electrons. The molecule has 0 aliphatic carbocycles. The molecule has 0 saturated carbocycles. The van der Waals surface area contributed by atoms with E-state index in [0.29, 0.717) is 0 Å². The van der Waals surface area contributed by atoms with Crippen LogP contribution >= 0.6 is 22.9 Å². The van der Waals surface area contributed by atoms with Crippen molar-refractivity contribution in [3.8, 4) is 5.75 Å². The summed E-state index contributed by atoms with van der Waals surface area (Å²) in [6.07, 6.45) is 0.994. The highest BCUT2D eigenvalue weighted by molar-refractivity contribution is 7.10. The molecule has 0 unspecified atom stereocenters. The second-order valence-corrected chi connectivity index (χ2v) is 5.36. The molecule has 0 spiro atoms. The third-order valence-electron chi connectivity index (χ3n) is 2.43. The zero-order valence-electron chi connectivity index (χ0n) is 10.1. The maximum Gasteiger partial charge on any atom is 0.119 e. The summed E-state index contributed by atoms with van der Waals surface area (Å²) < 4.78 is 5.60. The number of halogens is 1. The van der Waals surface area contributed by atoms with Crippen molar-refractivity contribution in [2.24, 2.45) is 0 Å². The molecule has 0 amide bonds. The summed E-state index contributed by atoms with van der Waals surface area (Å²) in [5.41, 5.74) is 0. The maximum atomic E-state index is 5.85. The van der Waals surface area contributed by atoms with Gasteiger partial charge in [-0.3, -0.25) is 0 Å². The van der Waals surface area contributed by atoms with Gasteiger partial charge in [-0.15, -0.1) is 11.3 Å². The van der Waals surface area contributed by atoms with Crippen LogP contribution in [0.3, 0.4) is 0 Å². The van der Waals surface area contributed by atoms with Crippen molar-refractivity contribution in [3.05, 3.63) is 51.7 Å². The van der Waals surface area contributed by atoms with Gasteiger partial charge in [-0.1, -0.05) is 29.8 Å². The fourth-order valence-electron chi connectivity index (χ4n) is 1.56. The second-order valence-electron chi connectivity index (χ2n) is 3.92. The highest BCUT2D eigenvalue weighted by atomic mass is 35.5. The third-order valence-corrected chi connectivity index (χ3v) is 3.72. The topological polar surface area (TPSA) is 21.3 Å². The van der Waals surface area contributed by atoms with Gasteiger partial charge in [0.15, 0.2) is 0 Å². The van der Waals surface area contributed by atoms with E-state index < -0.39 is 0 Å². The molecule has 0 atom stereocenters. The van der Waals surface area contributed by atoms with Gasteiger partial charge in [0.2, 0.25) is 0 Å². The molecular formula is C14H16ClNOS. The molecule has 0 fully saturated rings. The number of rotatable bonds is 7. The fraction of sp³-hybridized carbons (Fsp3) is 0.286. The van der Waals surface area contributed by atoms with Gasteiger partial charge in [-0.05, 0) is 31.2 Å². The van der Waals surface area contributed by atoms with Gasteiger partial charge in [0.05, 0.1) is 11.6 Å². The first-order valence-corrected chi connectivity index (χ1v) is 7.22. The van der Waals surface area contributed by atoms with Crippen LogP contribution in [0.4, 0.5) is 0 Å². The summed E-state index contributed by atoms with van der Waals surface area (Å²) in [4.78, 5) is 1.27. The zero-order valence-corrected chi connectivity index (χ0v) is 11.6. The lowest BCUT2D eigenvalue weighted by Crippen LogP contribution is -2.16. The van der Waals surface area contributed by atoms with Crippen LogP contribution < -0.4 is 10.1 Å². The van der Waals surface area contributed by atoms with Gasteiger partial charge < -0.3 is 10.1 Å². The maximum absolute atomic E-state index is 5.85. The van der Waals surface area contributed by atoms with E-state index in [2.05, 4.69) is 5.32 Å². The normalized spacial score (nSPS) is 10.5. The van der Waals surface area contributed by atoms with Crippen LogP contribution in [0.5, 0.6) is 5.75 Å². The molecule has 1 heterocycles. The zero-order chi connectivity index (χ0) is 12.6. The highest BCUT2D eigenvalue weighted by Crippen LogP contribution is 2.18. The molecule has 2 nitrogen and oxygen atoms in total. The molecule has 2 aromatic rings. The summed E-state index contributed by atoms with van der Waals surface area (Å²) in [6, 6.07) is 11.9. The van der Waals surface area contributed by atoms with E-state index in [1.165, 1.54) is 4.88 Å². The van der Waals surface area contributed by atoms with Gasteiger partial charge in [-0.25, -0.2) is 0 Å². The van der Waals surface area contributed by atoms with E-state index in [4.69, 9.17) is 16.3 Å². The molecule has 0 radical (unpaired) electrons. The van der Waals surface area contributed by atoms with Gasteiger partial charge >= 0.3 is 0 Å². The first kappa shape index (κ1) is 13.4. The Morgan fingerprint density at radius 3 is 2.78 bits per heavy atom. The average molecular weight is 282 g/mol. The number of ether oxygens (including phenoxy) is 1. The third kappa shape index (κ3) is 4.69. The van der Waals surface area contributed by atoms with E-state index in [9.17, 15) is 0 Å². The molecule has 18 heavy (non-hydrogen) atoms. The molecular weight excluding hydrogens is 266 g/mol. The second kappa shape index (κ2) is 7.41. The molecule has 1 aromatic carbocycles. The van der Waals surface area contributed by atoms with Crippen molar-refractivity contribution >= 4 is 22.9 Å². The molecule has 2 rings (SSSR count). The number of para-hydroxylation sites is 1. The van der Waals surface area contributed by atoms with E-state index in [1.54, 1.807) is 11.3 Å². The van der Waals surface area contributed by atoms with Gasteiger partial charge in [0, 0.05) is 16.8 Å². The summed E-state index contributed by atoms with van der Waals surface area (Å²) >= 11 is 7.54. The van der Waals surface area contributed by atoms with Crippen LogP contribution in [0.15, 0.2) is 41.8 Å². The Labute approximate surface area is 117 Å². The Morgan fingerprint density at radius 2 is 2.06 bits per heavy atom. The van der Waals surface area contributed by atoms with Crippen LogP contribution in [0.2, 0.25) is 5.02 Å². The number of nitrogens with one attached hydrogen (secondary N) is 1. The van der Waals surface area contributed by atoms with Crippen LogP contribution in [0, 0.1) is 0 Å². The van der Waals surface area contributed by atoms with Crippen molar-refractivity contribution in [2.45, 2.75) is 13.0 Å². The Bertz CT molecular complexity index is 458. The van der Waals surface area contributed by atoms with Crippen molar-refractivity contribution in [2.75, 3.05) is 13.2 Å². The van der Waals surface area contributed by atoms with Crippen molar-refractivity contribution in [1.82, 2.24) is 5.32 Å². The summed E-state index contributed by atoms with van der Waals surface area (Å²) in [6.45, 7) is 2.56. The quantitative estimate of drug-likeness (QED) is 0.776. The predicted octanol–water partition coefficient (Wildman–Crippen LogP) is 3.96. The minimum absolute atomic E-state index is 0.738. The lowest BCUT2D eigenvalue weighted by atomic mass is 10.3. The first-order chi connectivity index (χ1) is 8.84. The SMILES string of the molecule is Clc1csc(CNCCCOc2ccccc2)c1. The summed E-state index contributed by atoms with van der Waals surface area (Å²) in [5, 5.41) is 6.15. The summed E-state index contributed by atoms with van der Waals surface area (Å²) in [7, 11) is 0. The monoisotopic (exact) mass is 281 g/mol. The van der Waals surface area contributed by atoms with Crippen molar-refractivity contribution in [3.63, 3.8) is 0 Å². The Hall–Kier alpha value is -1.03. The first-order valence-electron chi connectivity index (χ1n) is 5.96. The lowest BCUT2D eigenvalue weighted by molar-refractivity contribution is 0.308. The van der Waals surface area contributed by atoms with Crippen LogP contribution in [0.1, 0.15) is 11.3 Å². The Morgan fingerprint density at radius 1 is 1.22 bits per heavy atom. The van der Waals surface area contributed by atoms with E-state index in [1.807, 2.05) is 41.8 Å². The standard InChI is InChI=1S/C14H16ClNOS/c15-12-9-14(18-11-12)10-16-7-4-8-17-13-5-2-1-3-6-13/h1-3,5-6,9,11,16H,4,7-8,10H2. The van der Waals surface area contributed by atoms with Crippen molar-refractivity contribution in [1.29, 1.82) is 0 Å². The highest BCUT2D eigenvalue weighted by Gasteiger charge is 1.97. The van der Waals surface area contributed by atoms with Gasteiger partial charge in [0.1, 0.15) is 5.75 Å². The number of hydrogen-bond acceptors (Lipinski definition) is 3. The molecule has 0 aliphatic rings. The molecule has 0 saturated heterocycles. The lowest BCUT2D eigenvalue weighted by Gasteiger charge is -2.06. The minimum atomic E-state index is 0.738. The molecule has 4 heteroatoms. The molecule has 0 bridgehead atoms. The molecule has 1 N–H and O–H groups in total. The smallest absolute Gasteiger partial charge is 0.119 e. The Balaban J connectivity index is 1.54. The average Bonchev–Trinajstić information content (AvgIpc) is 2.81. The van der Waals surface area contributed by atoms with Crippen LogP contribution in [0.25, 0.3) is 0 Å². The van der Waals surface area contributed by atoms with Crippen molar-refractivity contribution < 1.29 is 4.74 Å². The van der Waals surface area contributed by atoms with Gasteiger partial charge in [0.25, 0.3) is 0 Å². The molecule has 0 aliphatic heterocycles. The number of benzene rings is 1. The van der Waals surface area contributed by atoms with E-state index in [0.717, 1.165) is 36.9 Å². The predicted molar refractivity (Wildman–Crippen MR) is 77.6 cm³/mol. The Kier molecular flexibility index (Phi) is 5.52. The van der Waals surface area contributed by atoms with E-state index >= 15 is 0 Å². The number of thiophene rings is 1. The van der Waals surface area contributed by atoms with Crippen LogP contribution in [-0.4, -0.2) is 13.2 Å². The fourth-order valence-corrected chi connectivity index (χ4v) is 2.60. The minimum Gasteiger partial charge on any atom is -0.494 e. The van der Waals surface area contributed by atoms with Gasteiger partial charge in [-0.2, -0.15) is 0 Å². The summed E-state index contributed by atoms with van der Waals surface area (Å²) in [5.74, 6) is 0.933. The van der Waals surface area contributed by atoms with Crippen LogP contribution in [-0.2, 0) is 6.54 Å². The van der Waals surface area contributed by atoms with E-state index in [-0.39, 0.29) is 0 Å². The number of hydrogen-bond donors (Lipinski definition) is 1. The molecule has 1 aromatic heterocycles. The largest absolute Gasteiger partial charge is 0.494 e.